The molecular weight excluding hydrogens is 336 g/mol. The second-order valence-electron chi connectivity index (χ2n) is 5.67. The Morgan fingerprint density at radius 3 is 2.62 bits per heavy atom. The number of rotatable bonds is 4. The van der Waals surface area contributed by atoms with Gasteiger partial charge < -0.3 is 0 Å². The summed E-state index contributed by atoms with van der Waals surface area (Å²) in [6, 6.07) is 6.71. The first kappa shape index (κ1) is 16.5. The quantitative estimate of drug-likeness (QED) is 0.708. The van der Waals surface area contributed by atoms with Crippen LogP contribution in [0.4, 0.5) is 8.78 Å². The van der Waals surface area contributed by atoms with Crippen molar-refractivity contribution in [3.05, 3.63) is 47.3 Å². The minimum Gasteiger partial charge on any atom is -0.277 e. The van der Waals surface area contributed by atoms with E-state index in [1.54, 1.807) is 31.2 Å². The number of nitrogens with zero attached hydrogens (tertiary/aromatic N) is 2. The first-order chi connectivity index (χ1) is 11.3. The molecule has 1 N–H and O–H groups in total. The van der Waals surface area contributed by atoms with Gasteiger partial charge in [-0.15, -0.1) is 0 Å². The molecule has 0 bridgehead atoms. The fourth-order valence-electron chi connectivity index (χ4n) is 2.66. The molecule has 0 aliphatic heterocycles. The molecule has 2 heterocycles. The largest absolute Gasteiger partial charge is 0.289 e. The lowest BCUT2D eigenvalue weighted by Crippen LogP contribution is -2.08. The van der Waals surface area contributed by atoms with Crippen LogP contribution in [0.25, 0.3) is 22.2 Å². The average Bonchev–Trinajstić information content (AvgIpc) is 2.93. The Morgan fingerprint density at radius 2 is 2.00 bits per heavy atom. The van der Waals surface area contributed by atoms with E-state index in [0.717, 1.165) is 12.5 Å². The minimum atomic E-state index is -3.11. The zero-order valence-corrected chi connectivity index (χ0v) is 13.9. The summed E-state index contributed by atoms with van der Waals surface area (Å²) in [7, 11) is -2.53. The summed E-state index contributed by atoms with van der Waals surface area (Å²) in [5.74, 6) is -3.16. The summed E-state index contributed by atoms with van der Waals surface area (Å²) >= 11 is 0. The van der Waals surface area contributed by atoms with Gasteiger partial charge in [0.1, 0.15) is 16.4 Å². The molecule has 0 saturated heterocycles. The summed E-state index contributed by atoms with van der Waals surface area (Å²) in [6.07, 6.45) is 1.52. The zero-order valence-electron chi connectivity index (χ0n) is 13.0. The maximum absolute atomic E-state index is 13.8. The Labute approximate surface area is 138 Å². The number of pyridine rings is 1. The third kappa shape index (κ3) is 3.01. The summed E-state index contributed by atoms with van der Waals surface area (Å²) in [5.41, 5.74) is 2.58. The summed E-state index contributed by atoms with van der Waals surface area (Å²) in [5, 5.41) is 6.61. The van der Waals surface area contributed by atoms with Crippen LogP contribution in [0.1, 0.15) is 23.7 Å². The lowest BCUT2D eigenvalue weighted by atomic mass is 10.00. The van der Waals surface area contributed by atoms with Gasteiger partial charge in [0.2, 0.25) is 0 Å². The second-order valence-corrected chi connectivity index (χ2v) is 6.66. The van der Waals surface area contributed by atoms with E-state index in [1.165, 1.54) is 6.20 Å². The van der Waals surface area contributed by atoms with Crippen LogP contribution in [-0.2, 0) is 22.4 Å². The van der Waals surface area contributed by atoms with Crippen molar-refractivity contribution in [1.82, 2.24) is 15.2 Å². The average molecular weight is 351 g/mol. The van der Waals surface area contributed by atoms with E-state index in [1.807, 2.05) is 0 Å². The summed E-state index contributed by atoms with van der Waals surface area (Å²) in [4.78, 5) is 4.24. The molecule has 3 aromatic rings. The number of halogens is 2. The number of benzene rings is 1. The number of fused-ring (bicyclic) bond motifs is 1. The molecule has 1 aromatic carbocycles. The van der Waals surface area contributed by atoms with Crippen LogP contribution in [0.3, 0.4) is 0 Å². The Balaban J connectivity index is 2.20. The fraction of sp³-hybridized carbons (Fsp3) is 0.250. The maximum atomic E-state index is 13.8. The van der Waals surface area contributed by atoms with Crippen LogP contribution < -0.4 is 0 Å². The van der Waals surface area contributed by atoms with Crippen LogP contribution in [0.2, 0.25) is 0 Å². The van der Waals surface area contributed by atoms with Crippen LogP contribution in [0.5, 0.6) is 0 Å². The van der Waals surface area contributed by atoms with E-state index in [0.29, 0.717) is 22.3 Å². The summed E-state index contributed by atoms with van der Waals surface area (Å²) in [6.45, 7) is 2.57. The SMILES string of the molecule is Cc1cc(-c2nccc3[nH]nc(C(C)(F)F)c23)ccc1C[SH](=O)=O. The number of aromatic nitrogens is 3. The molecule has 0 saturated carbocycles. The molecule has 0 aliphatic rings. The number of alkyl halides is 2. The lowest BCUT2D eigenvalue weighted by Gasteiger charge is -2.11. The molecule has 0 aliphatic carbocycles. The zero-order chi connectivity index (χ0) is 17.5. The van der Waals surface area contributed by atoms with Crippen molar-refractivity contribution in [2.75, 3.05) is 0 Å². The highest BCUT2D eigenvalue weighted by atomic mass is 32.2. The third-order valence-corrected chi connectivity index (χ3v) is 4.41. The number of hydrogen-bond donors (Lipinski definition) is 2. The molecule has 126 valence electrons. The van der Waals surface area contributed by atoms with E-state index in [9.17, 15) is 17.2 Å². The Morgan fingerprint density at radius 1 is 1.25 bits per heavy atom. The molecular formula is C16H15F2N3O2S. The molecule has 0 amide bonds. The highest BCUT2D eigenvalue weighted by molar-refractivity contribution is 7.71. The first-order valence-electron chi connectivity index (χ1n) is 7.20. The van der Waals surface area contributed by atoms with E-state index in [4.69, 9.17) is 0 Å². The van der Waals surface area contributed by atoms with Crippen LogP contribution >= 0.6 is 0 Å². The number of H-pyrrole nitrogens is 1. The summed E-state index contributed by atoms with van der Waals surface area (Å²) < 4.78 is 49.4. The topological polar surface area (TPSA) is 75.7 Å². The molecule has 24 heavy (non-hydrogen) atoms. The van der Waals surface area contributed by atoms with Crippen molar-refractivity contribution in [3.63, 3.8) is 0 Å². The minimum absolute atomic E-state index is 0.0525. The molecule has 0 unspecified atom stereocenters. The lowest BCUT2D eigenvalue weighted by molar-refractivity contribution is 0.0142. The van der Waals surface area contributed by atoms with Crippen molar-refractivity contribution >= 4 is 21.6 Å². The molecule has 2 aromatic heterocycles. The van der Waals surface area contributed by atoms with Gasteiger partial charge in [-0.3, -0.25) is 10.1 Å². The number of aromatic amines is 1. The van der Waals surface area contributed by atoms with Crippen LogP contribution in [0, 0.1) is 6.92 Å². The molecule has 0 atom stereocenters. The van der Waals surface area contributed by atoms with Crippen LogP contribution in [0.15, 0.2) is 30.5 Å². The van der Waals surface area contributed by atoms with Gasteiger partial charge in [0.05, 0.1) is 22.3 Å². The predicted molar refractivity (Wildman–Crippen MR) is 87.6 cm³/mol. The van der Waals surface area contributed by atoms with E-state index >= 15 is 0 Å². The van der Waals surface area contributed by atoms with Gasteiger partial charge in [-0.05, 0) is 30.2 Å². The Hall–Kier alpha value is -2.35. The van der Waals surface area contributed by atoms with Crippen molar-refractivity contribution in [2.45, 2.75) is 25.5 Å². The van der Waals surface area contributed by atoms with Crippen molar-refractivity contribution in [1.29, 1.82) is 0 Å². The van der Waals surface area contributed by atoms with Gasteiger partial charge in [-0.1, -0.05) is 12.1 Å². The third-order valence-electron chi connectivity index (χ3n) is 3.81. The standard InChI is InChI=1S/C16H15F2N3O2S/c1-9-7-10(3-4-11(9)8-24(22)23)14-13-12(5-6-19-14)20-21-15(13)16(2,17)18/h3-7,24H,8H2,1-2H3,(H,20,21). The van der Waals surface area contributed by atoms with Gasteiger partial charge in [-0.25, -0.2) is 8.42 Å². The highest BCUT2D eigenvalue weighted by Crippen LogP contribution is 2.36. The van der Waals surface area contributed by atoms with Crippen molar-refractivity contribution in [3.8, 4) is 11.3 Å². The number of hydrogen-bond acceptors (Lipinski definition) is 4. The maximum Gasteiger partial charge on any atom is 0.289 e. The predicted octanol–water partition coefficient (Wildman–Crippen LogP) is 3.16. The van der Waals surface area contributed by atoms with Gasteiger partial charge in [0, 0.05) is 18.7 Å². The van der Waals surface area contributed by atoms with E-state index < -0.39 is 16.6 Å². The van der Waals surface area contributed by atoms with Crippen molar-refractivity contribution < 1.29 is 17.2 Å². The fourth-order valence-corrected chi connectivity index (χ4v) is 3.30. The van der Waals surface area contributed by atoms with E-state index in [2.05, 4.69) is 15.2 Å². The number of thiol groups is 1. The Kier molecular flexibility index (Phi) is 4.08. The molecule has 5 nitrogen and oxygen atoms in total. The molecule has 8 heteroatoms. The van der Waals surface area contributed by atoms with E-state index in [-0.39, 0.29) is 16.8 Å². The molecule has 0 fully saturated rings. The molecule has 0 radical (unpaired) electrons. The van der Waals surface area contributed by atoms with Gasteiger partial charge >= 0.3 is 0 Å². The van der Waals surface area contributed by atoms with Crippen molar-refractivity contribution in [2.24, 2.45) is 0 Å². The number of aryl methyl sites for hydroxylation is 1. The monoisotopic (exact) mass is 351 g/mol. The smallest absolute Gasteiger partial charge is 0.277 e. The number of nitrogens with one attached hydrogen (secondary N) is 1. The highest BCUT2D eigenvalue weighted by Gasteiger charge is 2.31. The molecule has 0 spiro atoms. The normalized spacial score (nSPS) is 12.2. The van der Waals surface area contributed by atoms with Gasteiger partial charge in [0.15, 0.2) is 0 Å². The van der Waals surface area contributed by atoms with Gasteiger partial charge in [0.25, 0.3) is 5.92 Å². The second kappa shape index (κ2) is 5.94. The first-order valence-corrected chi connectivity index (χ1v) is 8.56. The molecule has 3 rings (SSSR count). The Bertz CT molecular complexity index is 983. The van der Waals surface area contributed by atoms with Gasteiger partial charge in [-0.2, -0.15) is 13.9 Å². The van der Waals surface area contributed by atoms with Crippen LogP contribution in [-0.4, -0.2) is 23.6 Å².